The van der Waals surface area contributed by atoms with E-state index in [-0.39, 0.29) is 11.9 Å². The Hall–Kier alpha value is -0.610. The summed E-state index contributed by atoms with van der Waals surface area (Å²) in [5.74, 6) is 0.0745. The molecular formula is C9H20N2O2. The lowest BCUT2D eigenvalue weighted by atomic mass is 10.3. The molecule has 1 amide bonds. The van der Waals surface area contributed by atoms with Gasteiger partial charge in [-0.2, -0.15) is 0 Å². The van der Waals surface area contributed by atoms with Crippen LogP contribution in [0.3, 0.4) is 0 Å². The zero-order valence-corrected chi connectivity index (χ0v) is 8.72. The second-order valence-electron chi connectivity index (χ2n) is 3.03. The van der Waals surface area contributed by atoms with Crippen molar-refractivity contribution >= 4 is 5.91 Å². The number of rotatable bonds is 7. The fraction of sp³-hybridized carbons (Fsp3) is 0.889. The molecule has 1 atom stereocenters. The number of carbonyl (C=O) groups is 1. The van der Waals surface area contributed by atoms with E-state index in [0.29, 0.717) is 13.0 Å². The van der Waals surface area contributed by atoms with Crippen LogP contribution in [0, 0.1) is 0 Å². The standard InChI is InChI=1S/C9H20N2O2/c1-4-10-6-5-9(12)11-8(2)7-13-3/h8,10H,4-7H2,1-3H3,(H,11,12). The summed E-state index contributed by atoms with van der Waals surface area (Å²) in [5, 5.41) is 5.93. The van der Waals surface area contributed by atoms with E-state index in [1.165, 1.54) is 0 Å². The number of hydrogen-bond donors (Lipinski definition) is 2. The van der Waals surface area contributed by atoms with Gasteiger partial charge in [-0.1, -0.05) is 6.92 Å². The third kappa shape index (κ3) is 7.74. The molecule has 0 aromatic carbocycles. The molecule has 78 valence electrons. The SMILES string of the molecule is CCNCCC(=O)NC(C)COC. The summed E-state index contributed by atoms with van der Waals surface area (Å²) < 4.78 is 4.90. The summed E-state index contributed by atoms with van der Waals surface area (Å²) in [5.41, 5.74) is 0. The van der Waals surface area contributed by atoms with Gasteiger partial charge in [0.2, 0.25) is 5.91 Å². The topological polar surface area (TPSA) is 50.4 Å². The molecule has 13 heavy (non-hydrogen) atoms. The van der Waals surface area contributed by atoms with Crippen molar-refractivity contribution in [1.82, 2.24) is 10.6 Å². The van der Waals surface area contributed by atoms with Crippen molar-refractivity contribution in [3.05, 3.63) is 0 Å². The first-order valence-electron chi connectivity index (χ1n) is 4.69. The fourth-order valence-corrected chi connectivity index (χ4v) is 1.02. The maximum absolute atomic E-state index is 11.2. The van der Waals surface area contributed by atoms with Crippen molar-refractivity contribution in [2.45, 2.75) is 26.3 Å². The molecule has 2 N–H and O–H groups in total. The predicted octanol–water partition coefficient (Wildman–Crippen LogP) is 0.137. The Labute approximate surface area is 80.0 Å². The van der Waals surface area contributed by atoms with Crippen LogP contribution in [0.15, 0.2) is 0 Å². The zero-order valence-electron chi connectivity index (χ0n) is 8.72. The smallest absolute Gasteiger partial charge is 0.221 e. The first-order chi connectivity index (χ1) is 6.20. The highest BCUT2D eigenvalue weighted by molar-refractivity contribution is 5.76. The molecule has 0 aliphatic carbocycles. The van der Waals surface area contributed by atoms with Gasteiger partial charge in [-0.05, 0) is 13.5 Å². The normalized spacial score (nSPS) is 12.5. The number of carbonyl (C=O) groups excluding carboxylic acids is 1. The second-order valence-corrected chi connectivity index (χ2v) is 3.03. The van der Waals surface area contributed by atoms with Crippen molar-refractivity contribution in [3.63, 3.8) is 0 Å². The molecule has 4 heteroatoms. The van der Waals surface area contributed by atoms with E-state index in [1.807, 2.05) is 13.8 Å². The van der Waals surface area contributed by atoms with Gasteiger partial charge in [0, 0.05) is 26.1 Å². The van der Waals surface area contributed by atoms with Crippen molar-refractivity contribution in [3.8, 4) is 0 Å². The molecule has 1 unspecified atom stereocenters. The number of ether oxygens (including phenoxy) is 1. The monoisotopic (exact) mass is 188 g/mol. The highest BCUT2D eigenvalue weighted by atomic mass is 16.5. The molecule has 0 heterocycles. The molecule has 0 saturated carbocycles. The summed E-state index contributed by atoms with van der Waals surface area (Å²) in [4.78, 5) is 11.2. The van der Waals surface area contributed by atoms with Crippen LogP contribution in [0.4, 0.5) is 0 Å². The Balaban J connectivity index is 3.38. The number of nitrogens with one attached hydrogen (secondary N) is 2. The van der Waals surface area contributed by atoms with Crippen LogP contribution >= 0.6 is 0 Å². The Bertz CT molecular complexity index is 140. The fourth-order valence-electron chi connectivity index (χ4n) is 1.02. The van der Waals surface area contributed by atoms with E-state index >= 15 is 0 Å². The van der Waals surface area contributed by atoms with Crippen LogP contribution in [0.1, 0.15) is 20.3 Å². The van der Waals surface area contributed by atoms with Gasteiger partial charge < -0.3 is 15.4 Å². The molecule has 0 bridgehead atoms. The Morgan fingerprint density at radius 3 is 2.77 bits per heavy atom. The van der Waals surface area contributed by atoms with Crippen molar-refractivity contribution in [1.29, 1.82) is 0 Å². The van der Waals surface area contributed by atoms with Crippen LogP contribution in [-0.4, -0.2) is 38.8 Å². The molecule has 0 saturated heterocycles. The van der Waals surface area contributed by atoms with Gasteiger partial charge in [0.1, 0.15) is 0 Å². The van der Waals surface area contributed by atoms with Gasteiger partial charge in [0.05, 0.1) is 6.61 Å². The van der Waals surface area contributed by atoms with Crippen LogP contribution in [0.25, 0.3) is 0 Å². The summed E-state index contributed by atoms with van der Waals surface area (Å²) >= 11 is 0. The second kappa shape index (κ2) is 8.01. The molecule has 0 aromatic rings. The largest absolute Gasteiger partial charge is 0.383 e. The first kappa shape index (κ1) is 12.4. The van der Waals surface area contributed by atoms with E-state index in [9.17, 15) is 4.79 Å². The lowest BCUT2D eigenvalue weighted by Gasteiger charge is -2.12. The molecule has 0 rings (SSSR count). The molecular weight excluding hydrogens is 168 g/mol. The average Bonchev–Trinajstić information content (AvgIpc) is 2.05. The van der Waals surface area contributed by atoms with Crippen molar-refractivity contribution in [2.75, 3.05) is 26.8 Å². The van der Waals surface area contributed by atoms with Crippen molar-refractivity contribution < 1.29 is 9.53 Å². The average molecular weight is 188 g/mol. The number of methoxy groups -OCH3 is 1. The maximum Gasteiger partial charge on any atom is 0.221 e. The molecule has 0 aliphatic heterocycles. The van der Waals surface area contributed by atoms with Gasteiger partial charge in [-0.25, -0.2) is 0 Å². The summed E-state index contributed by atoms with van der Waals surface area (Å²) in [7, 11) is 1.63. The molecule has 0 fully saturated rings. The summed E-state index contributed by atoms with van der Waals surface area (Å²) in [6, 6.07) is 0.0964. The predicted molar refractivity (Wildman–Crippen MR) is 52.6 cm³/mol. The molecule has 4 nitrogen and oxygen atoms in total. The third-order valence-corrected chi connectivity index (χ3v) is 1.60. The Kier molecular flexibility index (Phi) is 7.63. The van der Waals surface area contributed by atoms with Crippen LogP contribution < -0.4 is 10.6 Å². The first-order valence-corrected chi connectivity index (χ1v) is 4.69. The van der Waals surface area contributed by atoms with Crippen molar-refractivity contribution in [2.24, 2.45) is 0 Å². The van der Waals surface area contributed by atoms with E-state index in [2.05, 4.69) is 10.6 Å². The highest BCUT2D eigenvalue weighted by Gasteiger charge is 2.05. The van der Waals surface area contributed by atoms with E-state index in [1.54, 1.807) is 7.11 Å². The van der Waals surface area contributed by atoms with Gasteiger partial charge >= 0.3 is 0 Å². The lowest BCUT2D eigenvalue weighted by Crippen LogP contribution is -2.37. The Morgan fingerprint density at radius 2 is 2.23 bits per heavy atom. The van der Waals surface area contributed by atoms with E-state index in [0.717, 1.165) is 13.1 Å². The van der Waals surface area contributed by atoms with Gasteiger partial charge in [0.15, 0.2) is 0 Å². The number of hydrogen-bond acceptors (Lipinski definition) is 3. The zero-order chi connectivity index (χ0) is 10.1. The summed E-state index contributed by atoms with van der Waals surface area (Å²) in [6.07, 6.45) is 0.530. The van der Waals surface area contributed by atoms with Gasteiger partial charge in [-0.3, -0.25) is 4.79 Å². The number of amides is 1. The van der Waals surface area contributed by atoms with Gasteiger partial charge in [-0.15, -0.1) is 0 Å². The van der Waals surface area contributed by atoms with Crippen LogP contribution in [0.5, 0.6) is 0 Å². The highest BCUT2D eigenvalue weighted by Crippen LogP contribution is 1.84. The molecule has 0 aliphatic rings. The van der Waals surface area contributed by atoms with E-state index < -0.39 is 0 Å². The minimum Gasteiger partial charge on any atom is -0.383 e. The van der Waals surface area contributed by atoms with Crippen LogP contribution in [-0.2, 0) is 9.53 Å². The van der Waals surface area contributed by atoms with Gasteiger partial charge in [0.25, 0.3) is 0 Å². The quantitative estimate of drug-likeness (QED) is 0.559. The lowest BCUT2D eigenvalue weighted by molar-refractivity contribution is -0.121. The van der Waals surface area contributed by atoms with E-state index in [4.69, 9.17) is 4.74 Å². The van der Waals surface area contributed by atoms with Crippen LogP contribution in [0.2, 0.25) is 0 Å². The Morgan fingerprint density at radius 1 is 1.54 bits per heavy atom. The minimum atomic E-state index is 0.0745. The summed E-state index contributed by atoms with van der Waals surface area (Å²) in [6.45, 7) is 6.15. The molecule has 0 radical (unpaired) electrons. The maximum atomic E-state index is 11.2. The molecule has 0 aromatic heterocycles. The third-order valence-electron chi connectivity index (χ3n) is 1.60. The minimum absolute atomic E-state index is 0.0745. The molecule has 0 spiro atoms.